The molecule has 2 N–H and O–H groups in total. The van der Waals surface area contributed by atoms with Crippen LogP contribution in [0, 0.1) is 5.92 Å². The summed E-state index contributed by atoms with van der Waals surface area (Å²) >= 11 is 0. The molecule has 2 aromatic rings. The molecule has 0 bridgehead atoms. The number of fused-ring (bicyclic) bond motifs is 1. The standard InChI is InChI=1S/C20H22N2O3/c23-18-11-15(19(24)21-13-20(25)9-4-10-20)12-22(18)17-8-3-6-14-5-1-2-7-16(14)17/h1-3,5-8,15,25H,4,9-13H2,(H,21,24). The highest BCUT2D eigenvalue weighted by molar-refractivity contribution is 6.06. The molecule has 0 aromatic heterocycles. The maximum Gasteiger partial charge on any atom is 0.227 e. The van der Waals surface area contributed by atoms with E-state index in [9.17, 15) is 14.7 Å². The quantitative estimate of drug-likeness (QED) is 0.898. The number of amides is 2. The Morgan fingerprint density at radius 2 is 1.96 bits per heavy atom. The highest BCUT2D eigenvalue weighted by Gasteiger charge is 2.38. The van der Waals surface area contributed by atoms with E-state index in [1.54, 1.807) is 4.90 Å². The second kappa shape index (κ2) is 6.15. The van der Waals surface area contributed by atoms with Crippen molar-refractivity contribution in [1.82, 2.24) is 5.32 Å². The lowest BCUT2D eigenvalue weighted by Gasteiger charge is -2.36. The van der Waals surface area contributed by atoms with Gasteiger partial charge in [0.25, 0.3) is 0 Å². The van der Waals surface area contributed by atoms with Gasteiger partial charge >= 0.3 is 0 Å². The Labute approximate surface area is 146 Å². The highest BCUT2D eigenvalue weighted by Crippen LogP contribution is 2.33. The van der Waals surface area contributed by atoms with Crippen LogP contribution in [0.5, 0.6) is 0 Å². The minimum atomic E-state index is -0.742. The first kappa shape index (κ1) is 16.1. The van der Waals surface area contributed by atoms with Gasteiger partial charge in [0.1, 0.15) is 0 Å². The molecule has 2 aromatic carbocycles. The van der Waals surface area contributed by atoms with Crippen LogP contribution in [0.3, 0.4) is 0 Å². The van der Waals surface area contributed by atoms with Gasteiger partial charge in [-0.3, -0.25) is 9.59 Å². The molecule has 1 atom stereocenters. The SMILES string of the molecule is O=C(NCC1(O)CCC1)C1CC(=O)N(c2cccc3ccccc23)C1. The second-order valence-electron chi connectivity index (χ2n) is 7.20. The molecule has 0 spiro atoms. The first-order chi connectivity index (χ1) is 12.1. The summed E-state index contributed by atoms with van der Waals surface area (Å²) in [6.45, 7) is 0.669. The third-order valence-electron chi connectivity index (χ3n) is 5.43. The van der Waals surface area contributed by atoms with Crippen molar-refractivity contribution in [2.75, 3.05) is 18.0 Å². The smallest absolute Gasteiger partial charge is 0.227 e. The zero-order valence-electron chi connectivity index (χ0n) is 14.1. The lowest BCUT2D eigenvalue weighted by Crippen LogP contribution is -2.49. The number of carbonyl (C=O) groups excluding carboxylic acids is 2. The third kappa shape index (κ3) is 3.00. The van der Waals surface area contributed by atoms with Crippen molar-refractivity contribution in [2.24, 2.45) is 5.92 Å². The summed E-state index contributed by atoms with van der Waals surface area (Å²) in [5.74, 6) is -0.537. The van der Waals surface area contributed by atoms with Gasteiger partial charge in [0.2, 0.25) is 11.8 Å². The summed E-state index contributed by atoms with van der Waals surface area (Å²) in [7, 11) is 0. The van der Waals surface area contributed by atoms with E-state index in [-0.39, 0.29) is 30.7 Å². The van der Waals surface area contributed by atoms with Crippen molar-refractivity contribution in [2.45, 2.75) is 31.3 Å². The van der Waals surface area contributed by atoms with Gasteiger partial charge in [-0.25, -0.2) is 0 Å². The fraction of sp³-hybridized carbons (Fsp3) is 0.400. The molecular weight excluding hydrogens is 316 g/mol. The van der Waals surface area contributed by atoms with E-state index < -0.39 is 5.60 Å². The molecule has 2 amide bonds. The van der Waals surface area contributed by atoms with E-state index >= 15 is 0 Å². The number of carbonyl (C=O) groups is 2. The Morgan fingerprint density at radius 3 is 2.72 bits per heavy atom. The molecule has 1 unspecified atom stereocenters. The van der Waals surface area contributed by atoms with E-state index in [1.807, 2.05) is 42.5 Å². The topological polar surface area (TPSA) is 69.6 Å². The van der Waals surface area contributed by atoms with Crippen LogP contribution >= 0.6 is 0 Å². The van der Waals surface area contributed by atoms with E-state index in [2.05, 4.69) is 5.32 Å². The van der Waals surface area contributed by atoms with Crippen LogP contribution < -0.4 is 10.2 Å². The van der Waals surface area contributed by atoms with Crippen molar-refractivity contribution < 1.29 is 14.7 Å². The van der Waals surface area contributed by atoms with Crippen LogP contribution in [0.4, 0.5) is 5.69 Å². The summed E-state index contributed by atoms with van der Waals surface area (Å²) in [5, 5.41) is 15.0. The molecule has 5 heteroatoms. The average molecular weight is 338 g/mol. The second-order valence-corrected chi connectivity index (χ2v) is 7.20. The van der Waals surface area contributed by atoms with Crippen molar-refractivity contribution in [1.29, 1.82) is 0 Å². The molecule has 130 valence electrons. The normalized spacial score (nSPS) is 22.0. The Morgan fingerprint density at radius 1 is 1.20 bits per heavy atom. The van der Waals surface area contributed by atoms with Gasteiger partial charge in [0.15, 0.2) is 0 Å². The number of hydrogen-bond acceptors (Lipinski definition) is 3. The predicted molar refractivity (Wildman–Crippen MR) is 96.2 cm³/mol. The first-order valence-corrected chi connectivity index (χ1v) is 8.84. The van der Waals surface area contributed by atoms with E-state index in [1.165, 1.54) is 0 Å². The molecule has 2 fully saturated rings. The van der Waals surface area contributed by atoms with Crippen LogP contribution in [-0.4, -0.2) is 35.6 Å². The highest BCUT2D eigenvalue weighted by atomic mass is 16.3. The van der Waals surface area contributed by atoms with Crippen LogP contribution in [0.15, 0.2) is 42.5 Å². The Hall–Kier alpha value is -2.40. The number of nitrogens with one attached hydrogen (secondary N) is 1. The summed E-state index contributed by atoms with van der Waals surface area (Å²) < 4.78 is 0. The van der Waals surface area contributed by atoms with Crippen LogP contribution in [0.25, 0.3) is 10.8 Å². The summed E-state index contributed by atoms with van der Waals surface area (Å²) in [5.41, 5.74) is 0.115. The number of hydrogen-bond donors (Lipinski definition) is 2. The van der Waals surface area contributed by atoms with Crippen molar-refractivity contribution in [3.05, 3.63) is 42.5 Å². The van der Waals surface area contributed by atoms with Crippen molar-refractivity contribution >= 4 is 28.3 Å². The van der Waals surface area contributed by atoms with Crippen LogP contribution in [0.2, 0.25) is 0 Å². The van der Waals surface area contributed by atoms with Crippen LogP contribution in [0.1, 0.15) is 25.7 Å². The van der Waals surface area contributed by atoms with Crippen molar-refractivity contribution in [3.63, 3.8) is 0 Å². The van der Waals surface area contributed by atoms with Crippen LogP contribution in [-0.2, 0) is 9.59 Å². The zero-order valence-corrected chi connectivity index (χ0v) is 14.1. The molecule has 1 heterocycles. The van der Waals surface area contributed by atoms with Gasteiger partial charge < -0.3 is 15.3 Å². The molecule has 4 rings (SSSR count). The van der Waals surface area contributed by atoms with Gasteiger partial charge in [-0.05, 0) is 30.7 Å². The molecule has 25 heavy (non-hydrogen) atoms. The number of aliphatic hydroxyl groups is 1. The minimum Gasteiger partial charge on any atom is -0.388 e. The molecular formula is C20H22N2O3. The van der Waals surface area contributed by atoms with E-state index in [0.717, 1.165) is 35.7 Å². The van der Waals surface area contributed by atoms with Gasteiger partial charge in [-0.15, -0.1) is 0 Å². The maximum absolute atomic E-state index is 12.5. The molecule has 0 radical (unpaired) electrons. The molecule has 1 aliphatic heterocycles. The number of nitrogens with zero attached hydrogens (tertiary/aromatic N) is 1. The lowest BCUT2D eigenvalue weighted by atomic mass is 9.80. The monoisotopic (exact) mass is 338 g/mol. The predicted octanol–water partition coefficient (Wildman–Crippen LogP) is 2.22. The Balaban J connectivity index is 1.49. The molecule has 1 saturated carbocycles. The minimum absolute atomic E-state index is 0.0288. The first-order valence-electron chi connectivity index (χ1n) is 8.84. The molecule has 5 nitrogen and oxygen atoms in total. The molecule has 2 aliphatic rings. The maximum atomic E-state index is 12.5. The zero-order chi connectivity index (χ0) is 17.4. The number of anilines is 1. The largest absolute Gasteiger partial charge is 0.388 e. The van der Waals surface area contributed by atoms with Gasteiger partial charge in [-0.1, -0.05) is 36.4 Å². The lowest BCUT2D eigenvalue weighted by molar-refractivity contribution is -0.128. The summed E-state index contributed by atoms with van der Waals surface area (Å²) in [6, 6.07) is 13.8. The average Bonchev–Trinajstić information content (AvgIpc) is 2.99. The summed E-state index contributed by atoms with van der Waals surface area (Å²) in [4.78, 5) is 26.6. The van der Waals surface area contributed by atoms with Crippen molar-refractivity contribution in [3.8, 4) is 0 Å². The van der Waals surface area contributed by atoms with Gasteiger partial charge in [0, 0.05) is 24.9 Å². The fourth-order valence-corrected chi connectivity index (χ4v) is 3.72. The number of rotatable bonds is 4. The van der Waals surface area contributed by atoms with E-state index in [0.29, 0.717) is 6.54 Å². The summed E-state index contributed by atoms with van der Waals surface area (Å²) in [6.07, 6.45) is 2.69. The molecule has 1 aliphatic carbocycles. The van der Waals surface area contributed by atoms with Gasteiger partial charge in [-0.2, -0.15) is 0 Å². The fourth-order valence-electron chi connectivity index (χ4n) is 3.72. The van der Waals surface area contributed by atoms with Gasteiger partial charge in [0.05, 0.1) is 17.2 Å². The Kier molecular flexibility index (Phi) is 3.96. The van der Waals surface area contributed by atoms with E-state index in [4.69, 9.17) is 0 Å². The number of benzene rings is 2. The Bertz CT molecular complexity index is 823. The third-order valence-corrected chi connectivity index (χ3v) is 5.43. The molecule has 1 saturated heterocycles.